The average Bonchev–Trinajstić information content (AvgIpc) is 2.71. The van der Waals surface area contributed by atoms with E-state index < -0.39 is 17.5 Å². The topological polar surface area (TPSA) is 142 Å². The normalized spacial score (nSPS) is 15.3. The number of hydrogen-bond acceptors (Lipinski definition) is 7. The van der Waals surface area contributed by atoms with Crippen molar-refractivity contribution in [1.82, 2.24) is 0 Å². The van der Waals surface area contributed by atoms with Crippen LogP contribution in [-0.4, -0.2) is 12.5 Å². The third kappa shape index (κ3) is 3.04. The van der Waals surface area contributed by atoms with Gasteiger partial charge in [-0.2, -0.15) is 5.26 Å². The molecule has 1 aliphatic rings. The van der Waals surface area contributed by atoms with Gasteiger partial charge in [-0.3, -0.25) is 4.79 Å². The molecule has 2 heterocycles. The first kappa shape index (κ1) is 18.1. The number of carbonyl (C=O) groups excluding carboxylic acids is 1. The zero-order valence-corrected chi connectivity index (χ0v) is 15.0. The van der Waals surface area contributed by atoms with Crippen LogP contribution >= 0.6 is 0 Å². The average molecular weight is 389 g/mol. The summed E-state index contributed by atoms with van der Waals surface area (Å²) in [6.45, 7) is -0.103. The molecule has 0 aliphatic carbocycles. The van der Waals surface area contributed by atoms with Crippen molar-refractivity contribution in [2.75, 3.05) is 6.61 Å². The molecule has 4 N–H and O–H groups in total. The largest absolute Gasteiger partial charge is 0.479 e. The molecule has 1 aliphatic heterocycles. The van der Waals surface area contributed by atoms with E-state index in [9.17, 15) is 9.59 Å². The Morgan fingerprint density at radius 1 is 1.17 bits per heavy atom. The lowest BCUT2D eigenvalue weighted by Gasteiger charge is -2.27. The van der Waals surface area contributed by atoms with Gasteiger partial charge in [0, 0.05) is 0 Å². The highest BCUT2D eigenvalue weighted by atomic mass is 16.5. The summed E-state index contributed by atoms with van der Waals surface area (Å²) in [6, 6.07) is 15.3. The maximum Gasteiger partial charge on any atom is 0.344 e. The van der Waals surface area contributed by atoms with Crippen LogP contribution in [0.2, 0.25) is 0 Å². The molecule has 0 fully saturated rings. The van der Waals surface area contributed by atoms with Gasteiger partial charge in [-0.25, -0.2) is 4.79 Å². The molecule has 0 bridgehead atoms. The number of nitrogens with two attached hydrogens (primary N) is 2. The molecule has 1 aromatic heterocycles. The monoisotopic (exact) mass is 389 g/mol. The summed E-state index contributed by atoms with van der Waals surface area (Å²) in [5.41, 5.74) is 11.9. The van der Waals surface area contributed by atoms with Crippen molar-refractivity contribution in [3.05, 3.63) is 81.5 Å². The summed E-state index contributed by atoms with van der Waals surface area (Å²) in [5, 5.41) is 9.18. The molecule has 3 aromatic rings. The van der Waals surface area contributed by atoms with Gasteiger partial charge in [0.25, 0.3) is 5.91 Å². The minimum absolute atomic E-state index is 0.0363. The highest BCUT2D eigenvalue weighted by molar-refractivity contribution is 5.97. The van der Waals surface area contributed by atoms with E-state index in [0.29, 0.717) is 22.3 Å². The fraction of sp³-hybridized carbons (Fsp3) is 0.0952. The molecule has 0 unspecified atom stereocenters. The number of rotatable bonds is 4. The fourth-order valence-electron chi connectivity index (χ4n) is 3.42. The zero-order valence-electron chi connectivity index (χ0n) is 15.0. The van der Waals surface area contributed by atoms with Gasteiger partial charge in [-0.15, -0.1) is 0 Å². The number of ether oxygens (including phenoxy) is 2. The van der Waals surface area contributed by atoms with Crippen LogP contribution in [0.15, 0.2) is 69.2 Å². The van der Waals surface area contributed by atoms with E-state index in [1.807, 2.05) is 6.07 Å². The number of amides is 1. The Balaban J connectivity index is 1.94. The third-order valence-electron chi connectivity index (χ3n) is 4.64. The van der Waals surface area contributed by atoms with Gasteiger partial charge < -0.3 is 25.4 Å². The van der Waals surface area contributed by atoms with Gasteiger partial charge in [0.2, 0.25) is 5.88 Å². The van der Waals surface area contributed by atoms with Gasteiger partial charge in [0.05, 0.1) is 22.4 Å². The molecule has 1 amide bonds. The smallest absolute Gasteiger partial charge is 0.344 e. The number of nitrogens with zero attached hydrogens (tertiary/aromatic N) is 1. The van der Waals surface area contributed by atoms with Crippen LogP contribution in [0.4, 0.5) is 0 Å². The Hall–Kier alpha value is -4.25. The molecule has 0 saturated carbocycles. The molecular weight excluding hydrogens is 374 g/mol. The number of fused-ring (bicyclic) bond motifs is 3. The van der Waals surface area contributed by atoms with Crippen molar-refractivity contribution in [1.29, 1.82) is 5.26 Å². The minimum atomic E-state index is -0.873. The summed E-state index contributed by atoms with van der Waals surface area (Å²) < 4.78 is 16.4. The maximum absolute atomic E-state index is 12.8. The van der Waals surface area contributed by atoms with Crippen LogP contribution in [0.5, 0.6) is 11.5 Å². The van der Waals surface area contributed by atoms with Gasteiger partial charge >= 0.3 is 5.63 Å². The standard InChI is InChI=1S/C21H15N3O5/c22-9-10-27-12-7-5-11(6-8-12)15-16-18(29-20(24)17(15)19(23)25)13-3-1-2-4-14(13)28-21(16)26/h1-8,15H,10,24H2,(H2,23,25)/t15-/m0/s1. The van der Waals surface area contributed by atoms with Gasteiger partial charge in [0.1, 0.15) is 17.4 Å². The number of nitriles is 1. The van der Waals surface area contributed by atoms with Crippen molar-refractivity contribution in [3.63, 3.8) is 0 Å². The fourth-order valence-corrected chi connectivity index (χ4v) is 3.42. The van der Waals surface area contributed by atoms with Gasteiger partial charge in [-0.05, 0) is 29.8 Å². The van der Waals surface area contributed by atoms with Crippen molar-refractivity contribution >= 4 is 16.9 Å². The van der Waals surface area contributed by atoms with E-state index in [-0.39, 0.29) is 29.4 Å². The third-order valence-corrected chi connectivity index (χ3v) is 4.64. The lowest BCUT2D eigenvalue weighted by atomic mass is 9.83. The molecule has 0 saturated heterocycles. The Morgan fingerprint density at radius 2 is 1.90 bits per heavy atom. The van der Waals surface area contributed by atoms with Gasteiger partial charge in [-0.1, -0.05) is 24.3 Å². The second-order valence-electron chi connectivity index (χ2n) is 6.32. The predicted octanol–water partition coefficient (Wildman–Crippen LogP) is 1.88. The SMILES string of the molecule is N#CCOc1ccc([C@@H]2C(C(N)=O)=C(N)Oc3c2c(=O)oc2ccccc32)cc1. The second kappa shape index (κ2) is 7.05. The Kier molecular flexibility index (Phi) is 4.41. The number of para-hydroxylation sites is 1. The first-order chi connectivity index (χ1) is 14.0. The minimum Gasteiger partial charge on any atom is -0.479 e. The molecule has 144 valence electrons. The molecule has 2 aromatic carbocycles. The molecule has 0 radical (unpaired) electrons. The molecule has 1 atom stereocenters. The molecular formula is C21H15N3O5. The molecule has 8 heteroatoms. The molecule has 4 rings (SSSR count). The first-order valence-electron chi connectivity index (χ1n) is 8.64. The van der Waals surface area contributed by atoms with Crippen LogP contribution in [0.1, 0.15) is 17.0 Å². The number of primary amides is 1. The van der Waals surface area contributed by atoms with E-state index in [1.165, 1.54) is 0 Å². The van der Waals surface area contributed by atoms with Crippen molar-refractivity contribution in [2.24, 2.45) is 11.5 Å². The first-order valence-corrected chi connectivity index (χ1v) is 8.64. The number of hydrogen-bond donors (Lipinski definition) is 2. The highest BCUT2D eigenvalue weighted by Crippen LogP contribution is 2.43. The van der Waals surface area contributed by atoms with Crippen LogP contribution in [-0.2, 0) is 4.79 Å². The predicted molar refractivity (Wildman–Crippen MR) is 103 cm³/mol. The maximum atomic E-state index is 12.8. The van der Waals surface area contributed by atoms with Crippen molar-refractivity contribution in [3.8, 4) is 17.6 Å². The Labute approximate surface area is 164 Å². The lowest BCUT2D eigenvalue weighted by Crippen LogP contribution is -2.32. The summed E-state index contributed by atoms with van der Waals surface area (Å²) in [6.07, 6.45) is 0. The molecule has 29 heavy (non-hydrogen) atoms. The van der Waals surface area contributed by atoms with Crippen LogP contribution in [0, 0.1) is 11.3 Å². The van der Waals surface area contributed by atoms with Crippen molar-refractivity contribution < 1.29 is 18.7 Å². The quantitative estimate of drug-likeness (QED) is 0.649. The second-order valence-corrected chi connectivity index (χ2v) is 6.32. The van der Waals surface area contributed by atoms with Crippen LogP contribution in [0.3, 0.4) is 0 Å². The summed E-state index contributed by atoms with van der Waals surface area (Å²) in [7, 11) is 0. The summed E-state index contributed by atoms with van der Waals surface area (Å²) in [4.78, 5) is 25.0. The van der Waals surface area contributed by atoms with Crippen LogP contribution < -0.4 is 26.6 Å². The molecule has 8 nitrogen and oxygen atoms in total. The number of benzene rings is 2. The lowest BCUT2D eigenvalue weighted by molar-refractivity contribution is -0.115. The van der Waals surface area contributed by atoms with Gasteiger partial charge in [0.15, 0.2) is 12.4 Å². The van der Waals surface area contributed by atoms with Crippen LogP contribution in [0.25, 0.3) is 11.0 Å². The van der Waals surface area contributed by atoms with E-state index in [0.717, 1.165) is 0 Å². The van der Waals surface area contributed by atoms with E-state index >= 15 is 0 Å². The number of carbonyl (C=O) groups is 1. The summed E-state index contributed by atoms with van der Waals surface area (Å²) >= 11 is 0. The Bertz CT molecular complexity index is 1250. The molecule has 0 spiro atoms. The van der Waals surface area contributed by atoms with E-state index in [2.05, 4.69) is 0 Å². The zero-order chi connectivity index (χ0) is 20.5. The van der Waals surface area contributed by atoms with E-state index in [1.54, 1.807) is 48.5 Å². The Morgan fingerprint density at radius 3 is 2.59 bits per heavy atom. The van der Waals surface area contributed by atoms with Crippen molar-refractivity contribution in [2.45, 2.75) is 5.92 Å². The summed E-state index contributed by atoms with van der Waals surface area (Å²) in [5.74, 6) is -1.16. The van der Waals surface area contributed by atoms with E-state index in [4.69, 9.17) is 30.6 Å². The highest BCUT2D eigenvalue weighted by Gasteiger charge is 2.37.